The summed E-state index contributed by atoms with van der Waals surface area (Å²) in [6.45, 7) is 0.0106. The van der Waals surface area contributed by atoms with Gasteiger partial charge in [-0.1, -0.05) is 48.5 Å². The summed E-state index contributed by atoms with van der Waals surface area (Å²) >= 11 is 0. The standard InChI is InChI=1S/C26H24N4O5S/c31-25(20-9-5-2-6-10-20)29-21-11-13-23(14-12-21)36(33,34)30-24(15-22-16-27-18-28-22)26(32)35-17-19-7-3-1-4-8-19/h1-14,16,18,24,30H,15,17H2,(H,27,28)(H,29,31). The molecule has 9 nitrogen and oxygen atoms in total. The minimum absolute atomic E-state index is 0.0106. The second-order valence-electron chi connectivity index (χ2n) is 7.89. The van der Waals surface area contributed by atoms with Crippen molar-refractivity contribution in [2.75, 3.05) is 5.32 Å². The van der Waals surface area contributed by atoms with Gasteiger partial charge >= 0.3 is 5.97 Å². The van der Waals surface area contributed by atoms with Gasteiger partial charge in [0, 0.05) is 29.6 Å². The van der Waals surface area contributed by atoms with Crippen molar-refractivity contribution in [3.8, 4) is 0 Å². The summed E-state index contributed by atoms with van der Waals surface area (Å²) in [5.74, 6) is -1.03. The Morgan fingerprint density at radius 2 is 1.58 bits per heavy atom. The molecular weight excluding hydrogens is 480 g/mol. The highest BCUT2D eigenvalue weighted by atomic mass is 32.2. The molecule has 0 radical (unpaired) electrons. The molecule has 0 spiro atoms. The van der Waals surface area contributed by atoms with Gasteiger partial charge in [0.15, 0.2) is 0 Å². The Morgan fingerprint density at radius 1 is 0.917 bits per heavy atom. The maximum atomic E-state index is 13.1. The number of aromatic nitrogens is 2. The molecule has 3 aromatic carbocycles. The average molecular weight is 505 g/mol. The van der Waals surface area contributed by atoms with Crippen molar-refractivity contribution in [2.24, 2.45) is 0 Å². The van der Waals surface area contributed by atoms with E-state index in [0.717, 1.165) is 5.56 Å². The molecule has 1 amide bonds. The van der Waals surface area contributed by atoms with Crippen LogP contribution in [0.5, 0.6) is 0 Å². The predicted molar refractivity (Wildman–Crippen MR) is 133 cm³/mol. The molecule has 0 aliphatic carbocycles. The summed E-state index contributed by atoms with van der Waals surface area (Å²) < 4.78 is 34.0. The third-order valence-electron chi connectivity index (χ3n) is 5.24. The number of anilines is 1. The van der Waals surface area contributed by atoms with Crippen LogP contribution in [0.4, 0.5) is 5.69 Å². The Morgan fingerprint density at radius 3 is 2.22 bits per heavy atom. The van der Waals surface area contributed by atoms with Crippen molar-refractivity contribution < 1.29 is 22.7 Å². The van der Waals surface area contributed by atoms with Crippen LogP contribution in [0.1, 0.15) is 21.6 Å². The number of H-pyrrole nitrogens is 1. The number of carbonyl (C=O) groups excluding carboxylic acids is 2. The third-order valence-corrected chi connectivity index (χ3v) is 6.73. The highest BCUT2D eigenvalue weighted by molar-refractivity contribution is 7.89. The summed E-state index contributed by atoms with van der Waals surface area (Å²) in [5, 5.41) is 2.72. The van der Waals surface area contributed by atoms with E-state index in [0.29, 0.717) is 16.9 Å². The van der Waals surface area contributed by atoms with E-state index in [1.807, 2.05) is 18.2 Å². The van der Waals surface area contributed by atoms with Crippen LogP contribution in [0.25, 0.3) is 0 Å². The van der Waals surface area contributed by atoms with Crippen LogP contribution in [0, 0.1) is 0 Å². The van der Waals surface area contributed by atoms with Crippen molar-refractivity contribution in [3.05, 3.63) is 114 Å². The lowest BCUT2D eigenvalue weighted by Crippen LogP contribution is -2.43. The number of nitrogens with zero attached hydrogens (tertiary/aromatic N) is 1. The van der Waals surface area contributed by atoms with Gasteiger partial charge in [-0.25, -0.2) is 13.4 Å². The first-order chi connectivity index (χ1) is 17.4. The molecule has 0 aliphatic rings. The van der Waals surface area contributed by atoms with E-state index >= 15 is 0 Å². The molecule has 10 heteroatoms. The monoisotopic (exact) mass is 504 g/mol. The van der Waals surface area contributed by atoms with E-state index in [1.54, 1.807) is 42.5 Å². The first-order valence-corrected chi connectivity index (χ1v) is 12.6. The SMILES string of the molecule is O=C(Nc1ccc(S(=O)(=O)NC(Cc2cnc[nH]2)C(=O)OCc2ccccc2)cc1)c1ccccc1. The van der Waals surface area contributed by atoms with Crippen LogP contribution in [0.15, 0.2) is 102 Å². The number of carbonyl (C=O) groups is 2. The van der Waals surface area contributed by atoms with Crippen LogP contribution in [-0.2, 0) is 32.6 Å². The number of hydrogen-bond donors (Lipinski definition) is 3. The van der Waals surface area contributed by atoms with Crippen LogP contribution in [0.2, 0.25) is 0 Å². The quantitative estimate of drug-likeness (QED) is 0.284. The number of hydrogen-bond acceptors (Lipinski definition) is 6. The van der Waals surface area contributed by atoms with Crippen molar-refractivity contribution in [1.82, 2.24) is 14.7 Å². The molecule has 1 aromatic heterocycles. The molecule has 1 unspecified atom stereocenters. The summed E-state index contributed by atoms with van der Waals surface area (Å²) in [5.41, 5.74) is 2.26. The Hall–Kier alpha value is -4.28. The van der Waals surface area contributed by atoms with E-state index in [-0.39, 0.29) is 23.8 Å². The molecule has 1 atom stereocenters. The number of nitrogens with one attached hydrogen (secondary N) is 3. The molecule has 4 rings (SSSR count). The minimum Gasteiger partial charge on any atom is -0.460 e. The maximum absolute atomic E-state index is 13.1. The molecule has 1 heterocycles. The van der Waals surface area contributed by atoms with Crippen LogP contribution < -0.4 is 10.0 Å². The largest absolute Gasteiger partial charge is 0.460 e. The van der Waals surface area contributed by atoms with Gasteiger partial charge in [-0.05, 0) is 42.0 Å². The first-order valence-electron chi connectivity index (χ1n) is 11.1. The van der Waals surface area contributed by atoms with Crippen LogP contribution in [0.3, 0.4) is 0 Å². The van der Waals surface area contributed by atoms with Crippen molar-refractivity contribution in [2.45, 2.75) is 24.0 Å². The molecule has 0 bridgehead atoms. The summed E-state index contributed by atoms with van der Waals surface area (Å²) in [6.07, 6.45) is 2.98. The molecule has 3 N–H and O–H groups in total. The summed E-state index contributed by atoms with van der Waals surface area (Å²) in [6, 6.07) is 22.2. The maximum Gasteiger partial charge on any atom is 0.324 e. The zero-order valence-corrected chi connectivity index (χ0v) is 19.9. The molecule has 184 valence electrons. The second-order valence-corrected chi connectivity index (χ2v) is 9.61. The number of amides is 1. The molecule has 36 heavy (non-hydrogen) atoms. The zero-order chi connectivity index (χ0) is 25.4. The number of benzene rings is 3. The fourth-order valence-corrected chi connectivity index (χ4v) is 4.57. The fourth-order valence-electron chi connectivity index (χ4n) is 3.38. The van der Waals surface area contributed by atoms with Gasteiger partial charge in [0.05, 0.1) is 11.2 Å². The molecular formula is C26H24N4O5S. The first kappa shape index (κ1) is 24.8. The van der Waals surface area contributed by atoms with Crippen LogP contribution >= 0.6 is 0 Å². The molecule has 0 fully saturated rings. The Bertz CT molecular complexity index is 1390. The smallest absolute Gasteiger partial charge is 0.324 e. The number of ether oxygens (including phenoxy) is 1. The molecule has 4 aromatic rings. The molecule has 0 aliphatic heterocycles. The van der Waals surface area contributed by atoms with Crippen LogP contribution in [-0.4, -0.2) is 36.3 Å². The lowest BCUT2D eigenvalue weighted by atomic mass is 10.2. The Labute approximate surface area is 208 Å². The fraction of sp³-hybridized carbons (Fsp3) is 0.115. The number of imidazole rings is 1. The lowest BCUT2D eigenvalue weighted by Gasteiger charge is -2.17. The van der Waals surface area contributed by atoms with Gasteiger partial charge in [0.1, 0.15) is 12.6 Å². The van der Waals surface area contributed by atoms with Crippen molar-refractivity contribution in [3.63, 3.8) is 0 Å². The highest BCUT2D eigenvalue weighted by Gasteiger charge is 2.28. The van der Waals surface area contributed by atoms with Gasteiger partial charge in [-0.3, -0.25) is 9.59 Å². The lowest BCUT2D eigenvalue weighted by molar-refractivity contribution is -0.147. The van der Waals surface area contributed by atoms with Gasteiger partial charge in [0.2, 0.25) is 10.0 Å². The van der Waals surface area contributed by atoms with E-state index in [4.69, 9.17) is 4.74 Å². The topological polar surface area (TPSA) is 130 Å². The van der Waals surface area contributed by atoms with Crippen molar-refractivity contribution in [1.29, 1.82) is 0 Å². The Kier molecular flexibility index (Phi) is 7.89. The van der Waals surface area contributed by atoms with Gasteiger partial charge < -0.3 is 15.0 Å². The summed E-state index contributed by atoms with van der Waals surface area (Å²) in [7, 11) is -4.09. The minimum atomic E-state index is -4.09. The van der Waals surface area contributed by atoms with Crippen molar-refractivity contribution >= 4 is 27.6 Å². The zero-order valence-electron chi connectivity index (χ0n) is 19.1. The van der Waals surface area contributed by atoms with E-state index < -0.39 is 22.0 Å². The Balaban J connectivity index is 1.45. The average Bonchev–Trinajstić information content (AvgIpc) is 3.41. The number of esters is 1. The third kappa shape index (κ3) is 6.65. The highest BCUT2D eigenvalue weighted by Crippen LogP contribution is 2.17. The molecule has 0 saturated carbocycles. The summed E-state index contributed by atoms with van der Waals surface area (Å²) in [4.78, 5) is 31.9. The molecule has 0 saturated heterocycles. The normalized spacial score (nSPS) is 12.0. The van der Waals surface area contributed by atoms with Gasteiger partial charge in [-0.15, -0.1) is 0 Å². The van der Waals surface area contributed by atoms with Gasteiger partial charge in [0.25, 0.3) is 5.91 Å². The van der Waals surface area contributed by atoms with E-state index in [1.165, 1.54) is 36.8 Å². The van der Waals surface area contributed by atoms with Gasteiger partial charge in [-0.2, -0.15) is 4.72 Å². The predicted octanol–water partition coefficient (Wildman–Crippen LogP) is 3.30. The van der Waals surface area contributed by atoms with E-state index in [2.05, 4.69) is 20.0 Å². The second kappa shape index (κ2) is 11.4. The number of rotatable bonds is 10. The number of sulfonamides is 1. The number of aromatic amines is 1. The van der Waals surface area contributed by atoms with E-state index in [9.17, 15) is 18.0 Å².